The van der Waals surface area contributed by atoms with Crippen molar-refractivity contribution in [3.05, 3.63) is 95.6 Å². The monoisotopic (exact) mass is 504 g/mol. The first-order valence-corrected chi connectivity index (χ1v) is 12.2. The Morgan fingerprint density at radius 1 is 1.31 bits per heavy atom. The second-order valence-electron chi connectivity index (χ2n) is 7.12. The number of nitrogens with zero attached hydrogens (tertiary/aromatic N) is 3. The third-order valence-corrected chi connectivity index (χ3v) is 6.68. The van der Waals surface area contributed by atoms with Crippen LogP contribution < -0.4 is 20.5 Å². The lowest BCUT2D eigenvalue weighted by atomic mass is 10.0. The number of aliphatic imine (C=N–C) groups is 1. The van der Waals surface area contributed by atoms with Crippen LogP contribution in [0.3, 0.4) is 0 Å². The molecular weight excluding hydrogens is 483 g/mol. The minimum Gasteiger partial charge on any atom is -0.454 e. The molecule has 7 nitrogen and oxygen atoms in total. The Balaban J connectivity index is 1.65. The normalized spacial score (nSPS) is 15.2. The molecule has 0 aliphatic carbocycles. The summed E-state index contributed by atoms with van der Waals surface area (Å²) in [4.78, 5) is 9.62. The van der Waals surface area contributed by atoms with E-state index < -0.39 is 0 Å². The van der Waals surface area contributed by atoms with Gasteiger partial charge in [0.05, 0.1) is 23.2 Å². The first-order chi connectivity index (χ1) is 17.1. The average Bonchev–Trinajstić information content (AvgIpc) is 3.41. The van der Waals surface area contributed by atoms with Gasteiger partial charge >= 0.3 is 0 Å². The van der Waals surface area contributed by atoms with E-state index in [4.69, 9.17) is 10.5 Å². The second kappa shape index (κ2) is 11.6. The molecule has 1 aliphatic rings. The summed E-state index contributed by atoms with van der Waals surface area (Å²) in [6, 6.07) is 15.5. The highest BCUT2D eigenvalue weighted by molar-refractivity contribution is 8.04. The summed E-state index contributed by atoms with van der Waals surface area (Å²) in [7, 11) is 1.63. The maximum Gasteiger partial charge on any atom is 0.155 e. The first kappa shape index (κ1) is 24.3. The summed E-state index contributed by atoms with van der Waals surface area (Å²) in [6.07, 6.45) is 6.42. The molecule has 0 fully saturated rings. The summed E-state index contributed by atoms with van der Waals surface area (Å²) in [5.41, 5.74) is 8.36. The van der Waals surface area contributed by atoms with Crippen LogP contribution in [0.25, 0.3) is 11.3 Å². The fourth-order valence-electron chi connectivity index (χ4n) is 3.24. The van der Waals surface area contributed by atoms with Crippen LogP contribution in [0.2, 0.25) is 0 Å². The van der Waals surface area contributed by atoms with Gasteiger partial charge in [-0.3, -0.25) is 9.98 Å². The minimum atomic E-state index is -0.359. The highest BCUT2D eigenvalue weighted by Gasteiger charge is 2.16. The molecule has 0 spiro atoms. The molecule has 176 valence electrons. The molecule has 1 atom stereocenters. The van der Waals surface area contributed by atoms with Gasteiger partial charge in [0, 0.05) is 29.3 Å². The largest absolute Gasteiger partial charge is 0.454 e. The van der Waals surface area contributed by atoms with E-state index in [9.17, 15) is 9.65 Å². The molecule has 0 bridgehead atoms. The van der Waals surface area contributed by atoms with Crippen molar-refractivity contribution < 1.29 is 9.13 Å². The summed E-state index contributed by atoms with van der Waals surface area (Å²) < 4.78 is 23.2. The number of nitrogens with one attached hydrogen (secondary N) is 2. The van der Waals surface area contributed by atoms with Gasteiger partial charge in [-0.05, 0) is 66.0 Å². The Bertz CT molecular complexity index is 1340. The zero-order valence-corrected chi connectivity index (χ0v) is 20.2. The van der Waals surface area contributed by atoms with Gasteiger partial charge in [0.1, 0.15) is 23.1 Å². The van der Waals surface area contributed by atoms with Crippen molar-refractivity contribution in [3.63, 3.8) is 0 Å². The number of ether oxygens (including phenoxy) is 1. The molecule has 0 saturated heterocycles. The van der Waals surface area contributed by atoms with E-state index in [0.717, 1.165) is 4.90 Å². The van der Waals surface area contributed by atoms with Crippen molar-refractivity contribution in [3.8, 4) is 28.8 Å². The number of nitrogens with two attached hydrogens (primary N) is 1. The SMILES string of the molecule is CN=C(C=CN)c1cc(-c2cccc(F)c2)ncc1Oc1ccc(SNC2NC=CS2)cc1C#N. The van der Waals surface area contributed by atoms with Gasteiger partial charge in [0.15, 0.2) is 5.75 Å². The van der Waals surface area contributed by atoms with Crippen LogP contribution in [-0.2, 0) is 0 Å². The molecule has 1 aromatic heterocycles. The molecule has 4 N–H and O–H groups in total. The smallest absolute Gasteiger partial charge is 0.155 e. The van der Waals surface area contributed by atoms with E-state index in [2.05, 4.69) is 26.1 Å². The van der Waals surface area contributed by atoms with E-state index in [1.54, 1.807) is 55.2 Å². The number of allylic oxidation sites excluding steroid dienone is 1. The Morgan fingerprint density at radius 3 is 2.91 bits per heavy atom. The van der Waals surface area contributed by atoms with E-state index in [1.165, 1.54) is 36.5 Å². The number of pyridine rings is 1. The minimum absolute atomic E-state index is 0.0639. The van der Waals surface area contributed by atoms with E-state index >= 15 is 0 Å². The number of rotatable bonds is 8. The fraction of sp³-hybridized carbons (Fsp3) is 0.0800. The van der Waals surface area contributed by atoms with Crippen LogP contribution in [0.1, 0.15) is 11.1 Å². The van der Waals surface area contributed by atoms with Crippen LogP contribution >= 0.6 is 23.7 Å². The number of hydrogen-bond acceptors (Lipinski definition) is 9. The molecule has 35 heavy (non-hydrogen) atoms. The molecule has 0 amide bonds. The van der Waals surface area contributed by atoms with Crippen LogP contribution in [0.4, 0.5) is 4.39 Å². The maximum absolute atomic E-state index is 13.8. The van der Waals surface area contributed by atoms with E-state index in [1.807, 2.05) is 17.7 Å². The molecule has 0 radical (unpaired) electrons. The molecule has 0 saturated carbocycles. The standard InChI is InChI=1S/C25H21FN6OS2/c1-29-21(7-8-27)20-13-22(16-3-2-4-18(26)11-16)31-15-24(20)33-23-6-5-19(12-17(23)14-28)35-32-25-30-9-10-34-25/h2-13,15,25,30,32H,27H2,1H3. The topological polar surface area (TPSA) is 108 Å². The van der Waals surface area contributed by atoms with Gasteiger partial charge < -0.3 is 15.8 Å². The van der Waals surface area contributed by atoms with Gasteiger partial charge in [-0.2, -0.15) is 5.26 Å². The summed E-state index contributed by atoms with van der Waals surface area (Å²) in [6.45, 7) is 0. The quantitative estimate of drug-likeness (QED) is 0.286. The van der Waals surface area contributed by atoms with Crippen molar-refractivity contribution in [2.24, 2.45) is 10.7 Å². The second-order valence-corrected chi connectivity index (χ2v) is 9.05. The number of aromatic nitrogens is 1. The fourth-order valence-corrected chi connectivity index (χ4v) is 4.70. The van der Waals surface area contributed by atoms with Crippen molar-refractivity contribution in [1.82, 2.24) is 15.0 Å². The maximum atomic E-state index is 13.8. The third kappa shape index (κ3) is 6.02. The number of thioether (sulfide) groups is 1. The molecule has 10 heteroatoms. The van der Waals surface area contributed by atoms with Crippen molar-refractivity contribution >= 4 is 29.4 Å². The number of nitriles is 1. The number of benzene rings is 2. The van der Waals surface area contributed by atoms with Gasteiger partial charge in [-0.1, -0.05) is 23.9 Å². The van der Waals surface area contributed by atoms with Gasteiger partial charge in [-0.25, -0.2) is 9.11 Å². The molecule has 1 aliphatic heterocycles. The zero-order valence-electron chi connectivity index (χ0n) is 18.6. The van der Waals surface area contributed by atoms with Crippen LogP contribution in [-0.4, -0.2) is 23.2 Å². The van der Waals surface area contributed by atoms with E-state index in [-0.39, 0.29) is 11.3 Å². The Labute approximate surface area is 211 Å². The van der Waals surface area contributed by atoms with Crippen molar-refractivity contribution in [2.45, 2.75) is 10.4 Å². The summed E-state index contributed by atoms with van der Waals surface area (Å²) in [5.74, 6) is 0.402. The molecule has 3 aromatic rings. The summed E-state index contributed by atoms with van der Waals surface area (Å²) in [5, 5.41) is 14.9. The van der Waals surface area contributed by atoms with E-state index in [0.29, 0.717) is 39.6 Å². The lowest BCUT2D eigenvalue weighted by Crippen LogP contribution is -2.28. The number of halogens is 1. The van der Waals surface area contributed by atoms with Gasteiger partial charge in [-0.15, -0.1) is 0 Å². The average molecular weight is 505 g/mol. The highest BCUT2D eigenvalue weighted by atomic mass is 32.2. The predicted octanol–water partition coefficient (Wildman–Crippen LogP) is 5.13. The third-order valence-electron chi connectivity index (χ3n) is 4.86. The Hall–Kier alpha value is -3.78. The molecule has 2 aromatic carbocycles. The highest BCUT2D eigenvalue weighted by Crippen LogP contribution is 2.33. The number of hydrogen-bond donors (Lipinski definition) is 3. The lowest BCUT2D eigenvalue weighted by Gasteiger charge is -2.15. The molecule has 2 heterocycles. The Kier molecular flexibility index (Phi) is 8.05. The van der Waals surface area contributed by atoms with Crippen LogP contribution in [0.5, 0.6) is 11.5 Å². The predicted molar refractivity (Wildman–Crippen MR) is 139 cm³/mol. The molecule has 1 unspecified atom stereocenters. The van der Waals surface area contributed by atoms with Crippen LogP contribution in [0.15, 0.2) is 88.5 Å². The van der Waals surface area contributed by atoms with Crippen LogP contribution in [0, 0.1) is 17.1 Å². The lowest BCUT2D eigenvalue weighted by molar-refractivity contribution is 0.477. The first-order valence-electron chi connectivity index (χ1n) is 10.4. The molecule has 4 rings (SSSR count). The van der Waals surface area contributed by atoms with Gasteiger partial charge in [0.2, 0.25) is 0 Å². The Morgan fingerprint density at radius 2 is 2.20 bits per heavy atom. The van der Waals surface area contributed by atoms with Crippen molar-refractivity contribution in [2.75, 3.05) is 7.05 Å². The van der Waals surface area contributed by atoms with Gasteiger partial charge in [0.25, 0.3) is 0 Å². The molecular formula is C25H21FN6OS2. The summed E-state index contributed by atoms with van der Waals surface area (Å²) >= 11 is 3.04. The zero-order chi connectivity index (χ0) is 24.6. The van der Waals surface area contributed by atoms with Crippen molar-refractivity contribution in [1.29, 1.82) is 5.26 Å².